The van der Waals surface area contributed by atoms with Gasteiger partial charge in [0.25, 0.3) is 0 Å². The van der Waals surface area contributed by atoms with Crippen molar-refractivity contribution in [2.45, 2.75) is 19.6 Å². The predicted octanol–water partition coefficient (Wildman–Crippen LogP) is 1.56. The average Bonchev–Trinajstić information content (AvgIpc) is 2.97. The van der Waals surface area contributed by atoms with E-state index in [1.165, 1.54) is 6.33 Å². The Bertz CT molecular complexity index is 772. The van der Waals surface area contributed by atoms with Crippen LogP contribution >= 0.6 is 0 Å². The lowest BCUT2D eigenvalue weighted by Crippen LogP contribution is -2.25. The van der Waals surface area contributed by atoms with Gasteiger partial charge in [0.15, 0.2) is 17.0 Å². The first-order valence-electron chi connectivity index (χ1n) is 7.46. The smallest absolute Gasteiger partial charge is 0.165 e. The molecule has 7 heteroatoms. The fraction of sp³-hybridized carbons (Fsp3) is 0.312. The number of aromatic nitrogens is 4. The summed E-state index contributed by atoms with van der Waals surface area (Å²) < 4.78 is 1.82. The Kier molecular flexibility index (Phi) is 4.50. The SMILES string of the molecule is C[C@@H](O)[C@H](CO)Cn1cnc2c(Nc3ccccc3)ncnc21. The van der Waals surface area contributed by atoms with Crippen LogP contribution in [0.5, 0.6) is 0 Å². The van der Waals surface area contributed by atoms with E-state index < -0.39 is 6.10 Å². The molecule has 23 heavy (non-hydrogen) atoms. The molecular weight excluding hydrogens is 294 g/mol. The van der Waals surface area contributed by atoms with Crippen LogP contribution in [0, 0.1) is 5.92 Å². The van der Waals surface area contributed by atoms with E-state index in [-0.39, 0.29) is 12.5 Å². The highest BCUT2D eigenvalue weighted by molar-refractivity contribution is 5.85. The minimum Gasteiger partial charge on any atom is -0.396 e. The normalized spacial score (nSPS) is 13.9. The molecule has 120 valence electrons. The number of nitrogens with zero attached hydrogens (tertiary/aromatic N) is 4. The molecule has 0 radical (unpaired) electrons. The third kappa shape index (κ3) is 3.30. The summed E-state index contributed by atoms with van der Waals surface area (Å²) in [7, 11) is 0. The lowest BCUT2D eigenvalue weighted by Gasteiger charge is -2.17. The standard InChI is InChI=1S/C16H19N5O2/c1-11(23)12(8-22)7-21-10-19-14-15(17-9-18-16(14)21)20-13-5-3-2-4-6-13/h2-6,9-12,22-23H,7-8H2,1H3,(H,17,18,20)/t11-,12+/m1/s1. The highest BCUT2D eigenvalue weighted by atomic mass is 16.3. The average molecular weight is 313 g/mol. The molecule has 0 aliphatic heterocycles. The number of hydrogen-bond acceptors (Lipinski definition) is 6. The Labute approximate surface area is 133 Å². The van der Waals surface area contributed by atoms with E-state index in [9.17, 15) is 10.2 Å². The predicted molar refractivity (Wildman–Crippen MR) is 87.3 cm³/mol. The molecule has 3 rings (SSSR count). The van der Waals surface area contributed by atoms with Crippen molar-refractivity contribution < 1.29 is 10.2 Å². The van der Waals surface area contributed by atoms with E-state index in [4.69, 9.17) is 0 Å². The molecule has 2 atom stereocenters. The van der Waals surface area contributed by atoms with Crippen LogP contribution in [0.25, 0.3) is 11.2 Å². The Balaban J connectivity index is 1.91. The number of anilines is 2. The summed E-state index contributed by atoms with van der Waals surface area (Å²) in [5.41, 5.74) is 2.23. The first-order chi connectivity index (χ1) is 11.2. The van der Waals surface area contributed by atoms with Gasteiger partial charge in [-0.15, -0.1) is 0 Å². The molecule has 2 aromatic heterocycles. The van der Waals surface area contributed by atoms with E-state index in [0.29, 0.717) is 23.5 Å². The molecular formula is C16H19N5O2. The molecule has 0 aliphatic rings. The minimum absolute atomic E-state index is 0.0997. The second-order valence-electron chi connectivity index (χ2n) is 5.47. The molecule has 7 nitrogen and oxygen atoms in total. The van der Waals surface area contributed by atoms with Crippen molar-refractivity contribution in [2.75, 3.05) is 11.9 Å². The third-order valence-corrected chi connectivity index (χ3v) is 3.79. The van der Waals surface area contributed by atoms with Gasteiger partial charge in [-0.05, 0) is 19.1 Å². The van der Waals surface area contributed by atoms with Crippen molar-refractivity contribution in [3.63, 3.8) is 0 Å². The van der Waals surface area contributed by atoms with Gasteiger partial charge >= 0.3 is 0 Å². The Morgan fingerprint density at radius 3 is 2.65 bits per heavy atom. The van der Waals surface area contributed by atoms with E-state index in [1.807, 2.05) is 34.9 Å². The van der Waals surface area contributed by atoms with Gasteiger partial charge in [0.2, 0.25) is 0 Å². The maximum Gasteiger partial charge on any atom is 0.165 e. The van der Waals surface area contributed by atoms with Gasteiger partial charge in [-0.25, -0.2) is 15.0 Å². The lowest BCUT2D eigenvalue weighted by molar-refractivity contribution is 0.0711. The van der Waals surface area contributed by atoms with Gasteiger partial charge in [0.05, 0.1) is 19.0 Å². The number of imidazole rings is 1. The molecule has 0 saturated carbocycles. The highest BCUT2D eigenvalue weighted by Crippen LogP contribution is 2.22. The largest absolute Gasteiger partial charge is 0.396 e. The van der Waals surface area contributed by atoms with Gasteiger partial charge in [0, 0.05) is 18.2 Å². The minimum atomic E-state index is -0.610. The van der Waals surface area contributed by atoms with Gasteiger partial charge in [0.1, 0.15) is 6.33 Å². The maximum atomic E-state index is 9.69. The van der Waals surface area contributed by atoms with Crippen molar-refractivity contribution in [2.24, 2.45) is 5.92 Å². The molecule has 0 bridgehead atoms. The highest BCUT2D eigenvalue weighted by Gasteiger charge is 2.17. The van der Waals surface area contributed by atoms with Crippen LogP contribution in [0.4, 0.5) is 11.5 Å². The molecule has 0 saturated heterocycles. The van der Waals surface area contributed by atoms with Gasteiger partial charge < -0.3 is 20.1 Å². The fourth-order valence-electron chi connectivity index (χ4n) is 2.38. The number of nitrogens with one attached hydrogen (secondary N) is 1. The zero-order chi connectivity index (χ0) is 16.2. The van der Waals surface area contributed by atoms with Gasteiger partial charge in [-0.1, -0.05) is 18.2 Å². The van der Waals surface area contributed by atoms with Crippen LogP contribution in [0.2, 0.25) is 0 Å². The fourth-order valence-corrected chi connectivity index (χ4v) is 2.38. The van der Waals surface area contributed by atoms with Crippen molar-refractivity contribution in [3.8, 4) is 0 Å². The van der Waals surface area contributed by atoms with Crippen molar-refractivity contribution in [1.29, 1.82) is 0 Å². The van der Waals surface area contributed by atoms with E-state index in [0.717, 1.165) is 5.69 Å². The van der Waals surface area contributed by atoms with Gasteiger partial charge in [-0.2, -0.15) is 0 Å². The summed E-state index contributed by atoms with van der Waals surface area (Å²) in [5.74, 6) is 0.352. The Morgan fingerprint density at radius 1 is 1.17 bits per heavy atom. The molecule has 0 spiro atoms. The van der Waals surface area contributed by atoms with Crippen molar-refractivity contribution in [1.82, 2.24) is 19.5 Å². The van der Waals surface area contributed by atoms with E-state index >= 15 is 0 Å². The first kappa shape index (κ1) is 15.4. The number of aliphatic hydroxyl groups is 2. The number of hydrogen-bond donors (Lipinski definition) is 3. The quantitative estimate of drug-likeness (QED) is 0.639. The summed E-state index contributed by atoms with van der Waals surface area (Å²) in [6.07, 6.45) is 2.52. The third-order valence-electron chi connectivity index (χ3n) is 3.79. The number of benzene rings is 1. The topological polar surface area (TPSA) is 96.1 Å². The molecule has 3 N–H and O–H groups in total. The first-order valence-corrected chi connectivity index (χ1v) is 7.46. The lowest BCUT2D eigenvalue weighted by atomic mass is 10.1. The second kappa shape index (κ2) is 6.72. The molecule has 3 aromatic rings. The number of para-hydroxylation sites is 1. The molecule has 0 fully saturated rings. The van der Waals surface area contributed by atoms with Crippen LogP contribution in [0.15, 0.2) is 43.0 Å². The molecule has 0 amide bonds. The zero-order valence-corrected chi connectivity index (χ0v) is 12.8. The molecule has 0 aliphatic carbocycles. The van der Waals surface area contributed by atoms with Crippen LogP contribution in [-0.2, 0) is 6.54 Å². The Morgan fingerprint density at radius 2 is 1.96 bits per heavy atom. The van der Waals surface area contributed by atoms with Gasteiger partial charge in [-0.3, -0.25) is 0 Å². The maximum absolute atomic E-state index is 9.69. The van der Waals surface area contributed by atoms with E-state index in [2.05, 4.69) is 20.3 Å². The summed E-state index contributed by atoms with van der Waals surface area (Å²) in [6, 6.07) is 9.71. The number of fused-ring (bicyclic) bond motifs is 1. The molecule has 1 aromatic carbocycles. The number of aliphatic hydroxyl groups excluding tert-OH is 2. The zero-order valence-electron chi connectivity index (χ0n) is 12.8. The molecule has 2 heterocycles. The van der Waals surface area contributed by atoms with Crippen LogP contribution in [0.3, 0.4) is 0 Å². The monoisotopic (exact) mass is 313 g/mol. The summed E-state index contributed by atoms with van der Waals surface area (Å²) in [5, 5.41) is 22.3. The summed E-state index contributed by atoms with van der Waals surface area (Å²) >= 11 is 0. The summed E-state index contributed by atoms with van der Waals surface area (Å²) in [6.45, 7) is 2.00. The van der Waals surface area contributed by atoms with E-state index in [1.54, 1.807) is 13.3 Å². The van der Waals surface area contributed by atoms with Crippen LogP contribution in [-0.4, -0.2) is 42.4 Å². The second-order valence-corrected chi connectivity index (χ2v) is 5.47. The molecule has 0 unspecified atom stereocenters. The van der Waals surface area contributed by atoms with Crippen molar-refractivity contribution >= 4 is 22.7 Å². The van der Waals surface area contributed by atoms with Crippen LogP contribution < -0.4 is 5.32 Å². The summed E-state index contributed by atoms with van der Waals surface area (Å²) in [4.78, 5) is 12.9. The van der Waals surface area contributed by atoms with Crippen molar-refractivity contribution in [3.05, 3.63) is 43.0 Å². The van der Waals surface area contributed by atoms with Crippen LogP contribution in [0.1, 0.15) is 6.92 Å². The Hall–Kier alpha value is -2.51. The number of rotatable bonds is 6.